The highest BCUT2D eigenvalue weighted by Gasteiger charge is 2.45. The summed E-state index contributed by atoms with van der Waals surface area (Å²) in [6.45, 7) is 10.6. The van der Waals surface area contributed by atoms with Crippen LogP contribution in [0.15, 0.2) is 0 Å². The van der Waals surface area contributed by atoms with Crippen LogP contribution in [-0.2, 0) is 19.1 Å². The van der Waals surface area contributed by atoms with E-state index in [1.165, 1.54) is 0 Å². The summed E-state index contributed by atoms with van der Waals surface area (Å²) in [5, 5.41) is 2.89. The molecule has 6 nitrogen and oxygen atoms in total. The quantitative estimate of drug-likeness (QED) is 0.778. The number of ether oxygens (including phenoxy) is 2. The van der Waals surface area contributed by atoms with Gasteiger partial charge in [-0.2, -0.15) is 0 Å². The fourth-order valence-corrected chi connectivity index (χ4v) is 3.02. The molecule has 1 spiro atoms. The van der Waals surface area contributed by atoms with Crippen LogP contribution in [0.5, 0.6) is 0 Å². The Kier molecular flexibility index (Phi) is 5.68. The van der Waals surface area contributed by atoms with E-state index >= 15 is 0 Å². The van der Waals surface area contributed by atoms with Gasteiger partial charge < -0.3 is 19.7 Å². The van der Waals surface area contributed by atoms with E-state index in [1.54, 1.807) is 18.7 Å². The van der Waals surface area contributed by atoms with Crippen molar-refractivity contribution in [2.45, 2.75) is 52.7 Å². The second-order valence-corrected chi connectivity index (χ2v) is 7.46. The summed E-state index contributed by atoms with van der Waals surface area (Å²) < 4.78 is 11.4. The number of likely N-dealkylation sites (tertiary alicyclic amines) is 1. The first kappa shape index (κ1) is 18.2. The van der Waals surface area contributed by atoms with Crippen LogP contribution in [0.3, 0.4) is 0 Å². The van der Waals surface area contributed by atoms with E-state index in [0.717, 1.165) is 6.42 Å². The molecule has 0 saturated carbocycles. The van der Waals surface area contributed by atoms with Crippen molar-refractivity contribution in [3.8, 4) is 0 Å². The average Bonchev–Trinajstić information content (AvgIpc) is 2.95. The second kappa shape index (κ2) is 7.18. The number of nitrogens with zero attached hydrogens (tertiary/aromatic N) is 1. The lowest BCUT2D eigenvalue weighted by Gasteiger charge is -2.40. The second-order valence-electron chi connectivity index (χ2n) is 7.46. The molecule has 0 unspecified atom stereocenters. The Morgan fingerprint density at radius 3 is 2.26 bits per heavy atom. The molecule has 0 aromatic carbocycles. The molecule has 0 atom stereocenters. The van der Waals surface area contributed by atoms with Crippen molar-refractivity contribution >= 4 is 11.8 Å². The van der Waals surface area contributed by atoms with E-state index in [0.29, 0.717) is 51.6 Å². The van der Waals surface area contributed by atoms with Crippen molar-refractivity contribution in [1.82, 2.24) is 10.2 Å². The molecule has 132 valence electrons. The highest BCUT2D eigenvalue weighted by atomic mass is 16.7. The highest BCUT2D eigenvalue weighted by molar-refractivity contribution is 6.04. The van der Waals surface area contributed by atoms with Crippen molar-refractivity contribution in [3.63, 3.8) is 0 Å². The molecule has 0 aromatic rings. The van der Waals surface area contributed by atoms with E-state index in [4.69, 9.17) is 9.47 Å². The van der Waals surface area contributed by atoms with Crippen molar-refractivity contribution in [1.29, 1.82) is 0 Å². The van der Waals surface area contributed by atoms with Gasteiger partial charge in [-0.05, 0) is 26.2 Å². The summed E-state index contributed by atoms with van der Waals surface area (Å²) >= 11 is 0. The molecule has 0 aromatic heterocycles. The van der Waals surface area contributed by atoms with E-state index in [-0.39, 0.29) is 11.8 Å². The number of carbonyl (C=O) groups is 2. The minimum Gasteiger partial charge on any atom is -0.355 e. The standard InChI is InChI=1S/C17H30N2O4/c1-13(2)5-8-18-14(20)16(3,4)15(21)19-9-6-17(7-10-19)22-11-12-23-17/h13H,5-12H2,1-4H3,(H,18,20). The summed E-state index contributed by atoms with van der Waals surface area (Å²) in [6, 6.07) is 0. The van der Waals surface area contributed by atoms with Gasteiger partial charge >= 0.3 is 0 Å². The lowest BCUT2D eigenvalue weighted by molar-refractivity contribution is -0.189. The number of hydrogen-bond acceptors (Lipinski definition) is 4. The molecule has 0 aliphatic carbocycles. The van der Waals surface area contributed by atoms with Crippen LogP contribution in [0, 0.1) is 11.3 Å². The number of rotatable bonds is 5. The third-order valence-corrected chi connectivity index (χ3v) is 4.74. The molecule has 2 rings (SSSR count). The molecular weight excluding hydrogens is 296 g/mol. The predicted molar refractivity (Wildman–Crippen MR) is 86.7 cm³/mol. The van der Waals surface area contributed by atoms with Crippen molar-refractivity contribution in [2.75, 3.05) is 32.8 Å². The molecule has 6 heteroatoms. The molecule has 2 aliphatic rings. The van der Waals surface area contributed by atoms with Gasteiger partial charge in [0.05, 0.1) is 13.2 Å². The summed E-state index contributed by atoms with van der Waals surface area (Å²) in [5.74, 6) is -0.288. The molecule has 0 radical (unpaired) electrons. The fraction of sp³-hybridized carbons (Fsp3) is 0.882. The Hall–Kier alpha value is -1.14. The number of nitrogens with one attached hydrogen (secondary N) is 1. The zero-order valence-corrected chi connectivity index (χ0v) is 14.8. The van der Waals surface area contributed by atoms with E-state index in [2.05, 4.69) is 19.2 Å². The number of carbonyl (C=O) groups excluding carboxylic acids is 2. The van der Waals surface area contributed by atoms with Gasteiger partial charge in [-0.15, -0.1) is 0 Å². The molecule has 2 amide bonds. The Balaban J connectivity index is 1.87. The lowest BCUT2D eigenvalue weighted by atomic mass is 9.88. The van der Waals surface area contributed by atoms with Gasteiger partial charge in [-0.25, -0.2) is 0 Å². The zero-order valence-electron chi connectivity index (χ0n) is 14.8. The van der Waals surface area contributed by atoms with Crippen LogP contribution < -0.4 is 5.32 Å². The van der Waals surface area contributed by atoms with Crippen molar-refractivity contribution in [3.05, 3.63) is 0 Å². The molecule has 2 fully saturated rings. The minimum atomic E-state index is -1.04. The number of amides is 2. The van der Waals surface area contributed by atoms with Gasteiger partial charge in [-0.1, -0.05) is 13.8 Å². The molecule has 1 N–H and O–H groups in total. The first-order valence-electron chi connectivity index (χ1n) is 8.62. The third-order valence-electron chi connectivity index (χ3n) is 4.74. The number of piperidine rings is 1. The molecule has 2 aliphatic heterocycles. The van der Waals surface area contributed by atoms with Crippen molar-refractivity contribution < 1.29 is 19.1 Å². The Bertz CT molecular complexity index is 432. The van der Waals surface area contributed by atoms with Crippen LogP contribution in [0.1, 0.15) is 47.0 Å². The summed E-state index contributed by atoms with van der Waals surface area (Å²) in [5.41, 5.74) is -1.04. The Labute approximate surface area is 138 Å². The molecular formula is C17H30N2O4. The average molecular weight is 326 g/mol. The maximum Gasteiger partial charge on any atom is 0.237 e. The van der Waals surface area contributed by atoms with Crippen LogP contribution in [0.25, 0.3) is 0 Å². The molecule has 23 heavy (non-hydrogen) atoms. The van der Waals surface area contributed by atoms with Crippen molar-refractivity contribution in [2.24, 2.45) is 11.3 Å². The van der Waals surface area contributed by atoms with Gasteiger partial charge in [0, 0.05) is 32.5 Å². The highest BCUT2D eigenvalue weighted by Crippen LogP contribution is 2.33. The van der Waals surface area contributed by atoms with Gasteiger partial charge in [-0.3, -0.25) is 9.59 Å². The minimum absolute atomic E-state index is 0.118. The van der Waals surface area contributed by atoms with Crippen LogP contribution in [-0.4, -0.2) is 55.3 Å². The summed E-state index contributed by atoms with van der Waals surface area (Å²) in [7, 11) is 0. The first-order chi connectivity index (χ1) is 10.8. The fourth-order valence-electron chi connectivity index (χ4n) is 3.02. The molecule has 2 saturated heterocycles. The smallest absolute Gasteiger partial charge is 0.237 e. The van der Waals surface area contributed by atoms with Crippen LogP contribution >= 0.6 is 0 Å². The van der Waals surface area contributed by atoms with Gasteiger partial charge in [0.1, 0.15) is 5.41 Å². The number of hydrogen-bond donors (Lipinski definition) is 1. The SMILES string of the molecule is CC(C)CCNC(=O)C(C)(C)C(=O)N1CCC2(CC1)OCCO2. The summed E-state index contributed by atoms with van der Waals surface area (Å²) in [6.07, 6.45) is 2.25. The molecule has 2 heterocycles. The Morgan fingerprint density at radius 2 is 1.74 bits per heavy atom. The monoisotopic (exact) mass is 326 g/mol. The van der Waals surface area contributed by atoms with E-state index in [9.17, 15) is 9.59 Å². The van der Waals surface area contributed by atoms with Crippen LogP contribution in [0.2, 0.25) is 0 Å². The Morgan fingerprint density at radius 1 is 1.17 bits per heavy atom. The first-order valence-corrected chi connectivity index (χ1v) is 8.62. The lowest BCUT2D eigenvalue weighted by Crippen LogP contribution is -2.54. The third kappa shape index (κ3) is 4.23. The van der Waals surface area contributed by atoms with E-state index in [1.807, 2.05) is 0 Å². The van der Waals surface area contributed by atoms with E-state index < -0.39 is 11.2 Å². The largest absolute Gasteiger partial charge is 0.355 e. The molecule has 0 bridgehead atoms. The zero-order chi connectivity index (χ0) is 17.1. The maximum atomic E-state index is 12.7. The van der Waals surface area contributed by atoms with Gasteiger partial charge in [0.15, 0.2) is 5.79 Å². The topological polar surface area (TPSA) is 67.9 Å². The van der Waals surface area contributed by atoms with Crippen LogP contribution in [0.4, 0.5) is 0 Å². The maximum absolute atomic E-state index is 12.7. The predicted octanol–water partition coefficient (Wildman–Crippen LogP) is 1.54. The van der Waals surface area contributed by atoms with Gasteiger partial charge in [0.2, 0.25) is 11.8 Å². The summed E-state index contributed by atoms with van der Waals surface area (Å²) in [4.78, 5) is 26.9. The normalized spacial score (nSPS) is 21.0. The van der Waals surface area contributed by atoms with Gasteiger partial charge in [0.25, 0.3) is 0 Å².